The molecule has 0 heterocycles. The van der Waals surface area contributed by atoms with Gasteiger partial charge in [-0.2, -0.15) is 0 Å². The minimum Gasteiger partial charge on any atom is -0.481 e. The topological polar surface area (TPSA) is 78.4 Å². The summed E-state index contributed by atoms with van der Waals surface area (Å²) in [6.45, 7) is 4.63. The van der Waals surface area contributed by atoms with Crippen molar-refractivity contribution in [1.29, 1.82) is 0 Å². The van der Waals surface area contributed by atoms with Gasteiger partial charge in [0.25, 0.3) is 0 Å². The second-order valence-corrected chi connectivity index (χ2v) is 6.35. The van der Waals surface area contributed by atoms with E-state index in [-0.39, 0.29) is 23.9 Å². The van der Waals surface area contributed by atoms with Gasteiger partial charge in [-0.05, 0) is 31.1 Å². The van der Waals surface area contributed by atoms with E-state index in [4.69, 9.17) is 5.11 Å². The summed E-state index contributed by atoms with van der Waals surface area (Å²) >= 11 is 0. The smallest absolute Gasteiger partial charge is 0.315 e. The molecule has 2 amide bonds. The van der Waals surface area contributed by atoms with Gasteiger partial charge in [-0.15, -0.1) is 0 Å². The predicted octanol–water partition coefficient (Wildman–Crippen LogP) is 3.29. The first kappa shape index (κ1) is 17.8. The van der Waals surface area contributed by atoms with Crippen LogP contribution < -0.4 is 10.6 Å². The van der Waals surface area contributed by atoms with Crippen LogP contribution in [0.25, 0.3) is 0 Å². The molecule has 0 aliphatic heterocycles. The molecule has 21 heavy (non-hydrogen) atoms. The molecule has 0 spiro atoms. The van der Waals surface area contributed by atoms with Gasteiger partial charge in [-0.1, -0.05) is 39.5 Å². The molecule has 5 nitrogen and oxygen atoms in total. The van der Waals surface area contributed by atoms with E-state index in [0.29, 0.717) is 6.54 Å². The number of hydrogen-bond donors (Lipinski definition) is 3. The average Bonchev–Trinajstić information content (AvgIpc) is 2.45. The second-order valence-electron chi connectivity index (χ2n) is 6.35. The Morgan fingerprint density at radius 1 is 1.19 bits per heavy atom. The SMILES string of the molecule is CCCC(CC)NC(=O)NCC1(CC(=O)O)CCCCC1. The van der Waals surface area contributed by atoms with Gasteiger partial charge >= 0.3 is 12.0 Å². The van der Waals surface area contributed by atoms with Crippen LogP contribution in [0.4, 0.5) is 4.79 Å². The number of urea groups is 1. The zero-order valence-electron chi connectivity index (χ0n) is 13.4. The maximum Gasteiger partial charge on any atom is 0.315 e. The third-order valence-corrected chi connectivity index (χ3v) is 4.53. The average molecular weight is 298 g/mol. The molecule has 1 saturated carbocycles. The maximum atomic E-state index is 12.0. The molecule has 1 unspecified atom stereocenters. The highest BCUT2D eigenvalue weighted by Gasteiger charge is 2.34. The molecule has 0 bridgehead atoms. The van der Waals surface area contributed by atoms with Crippen LogP contribution >= 0.6 is 0 Å². The van der Waals surface area contributed by atoms with Crippen LogP contribution in [0.1, 0.15) is 71.6 Å². The molecule has 0 aromatic heterocycles. The highest BCUT2D eigenvalue weighted by molar-refractivity contribution is 5.74. The van der Waals surface area contributed by atoms with Gasteiger partial charge in [0.05, 0.1) is 6.42 Å². The third kappa shape index (κ3) is 6.36. The van der Waals surface area contributed by atoms with E-state index < -0.39 is 5.97 Å². The number of carbonyl (C=O) groups excluding carboxylic acids is 1. The number of carbonyl (C=O) groups is 2. The quantitative estimate of drug-likeness (QED) is 0.643. The largest absolute Gasteiger partial charge is 0.481 e. The summed E-state index contributed by atoms with van der Waals surface area (Å²) in [7, 11) is 0. The van der Waals surface area contributed by atoms with Crippen molar-refractivity contribution < 1.29 is 14.7 Å². The Hall–Kier alpha value is -1.26. The van der Waals surface area contributed by atoms with Gasteiger partial charge in [0.2, 0.25) is 0 Å². The van der Waals surface area contributed by atoms with Crippen LogP contribution in [0.5, 0.6) is 0 Å². The number of carboxylic acid groups (broad SMARTS) is 1. The molecule has 5 heteroatoms. The summed E-state index contributed by atoms with van der Waals surface area (Å²) in [4.78, 5) is 23.1. The first-order chi connectivity index (χ1) is 10.0. The highest BCUT2D eigenvalue weighted by atomic mass is 16.4. The van der Waals surface area contributed by atoms with Gasteiger partial charge in [0.15, 0.2) is 0 Å². The summed E-state index contributed by atoms with van der Waals surface area (Å²) in [5.74, 6) is -0.767. The van der Waals surface area contributed by atoms with Crippen LogP contribution in [0, 0.1) is 5.41 Å². The van der Waals surface area contributed by atoms with Gasteiger partial charge in [-0.3, -0.25) is 4.79 Å². The summed E-state index contributed by atoms with van der Waals surface area (Å²) in [6.07, 6.45) is 8.17. The van der Waals surface area contributed by atoms with Gasteiger partial charge in [0, 0.05) is 12.6 Å². The summed E-state index contributed by atoms with van der Waals surface area (Å²) < 4.78 is 0. The van der Waals surface area contributed by atoms with Crippen LogP contribution in [0.15, 0.2) is 0 Å². The van der Waals surface area contributed by atoms with Crippen molar-refractivity contribution in [2.75, 3.05) is 6.54 Å². The van der Waals surface area contributed by atoms with Crippen LogP contribution in [-0.4, -0.2) is 29.7 Å². The Bertz CT molecular complexity index is 338. The zero-order chi connectivity index (χ0) is 15.7. The Balaban J connectivity index is 2.48. The van der Waals surface area contributed by atoms with E-state index in [0.717, 1.165) is 44.9 Å². The third-order valence-electron chi connectivity index (χ3n) is 4.53. The Kier molecular flexibility index (Phi) is 7.54. The lowest BCUT2D eigenvalue weighted by atomic mass is 9.72. The van der Waals surface area contributed by atoms with Crippen molar-refractivity contribution in [3.63, 3.8) is 0 Å². The maximum absolute atomic E-state index is 12.0. The first-order valence-electron chi connectivity index (χ1n) is 8.27. The highest BCUT2D eigenvalue weighted by Crippen LogP contribution is 2.38. The standard InChI is InChI=1S/C16H30N2O3/c1-3-8-13(4-2)18-15(21)17-12-16(11-14(19)20)9-6-5-7-10-16/h13H,3-12H2,1-2H3,(H,19,20)(H2,17,18,21). The molecule has 0 saturated heterocycles. The Morgan fingerprint density at radius 2 is 1.86 bits per heavy atom. The number of hydrogen-bond acceptors (Lipinski definition) is 2. The number of carboxylic acids is 1. The first-order valence-corrected chi connectivity index (χ1v) is 8.27. The molecule has 0 radical (unpaired) electrons. The molecule has 1 rings (SSSR count). The van der Waals surface area contributed by atoms with Crippen molar-refractivity contribution in [2.45, 2.75) is 77.7 Å². The number of amides is 2. The number of aliphatic carboxylic acids is 1. The van der Waals surface area contributed by atoms with E-state index in [1.54, 1.807) is 0 Å². The lowest BCUT2D eigenvalue weighted by Gasteiger charge is -2.36. The molecule has 1 aliphatic rings. The number of rotatable bonds is 8. The normalized spacial score (nSPS) is 18.8. The fourth-order valence-corrected chi connectivity index (χ4v) is 3.27. The van der Waals surface area contributed by atoms with E-state index >= 15 is 0 Å². The lowest BCUT2D eigenvalue weighted by Crippen LogP contribution is -2.47. The van der Waals surface area contributed by atoms with Crippen molar-refractivity contribution in [1.82, 2.24) is 10.6 Å². The second kappa shape index (κ2) is 8.90. The van der Waals surface area contributed by atoms with Crippen LogP contribution in [0.3, 0.4) is 0 Å². The molecular formula is C16H30N2O3. The monoisotopic (exact) mass is 298 g/mol. The van der Waals surface area contributed by atoms with Crippen molar-refractivity contribution in [3.8, 4) is 0 Å². The molecule has 1 aliphatic carbocycles. The number of nitrogens with one attached hydrogen (secondary N) is 2. The van der Waals surface area contributed by atoms with Crippen LogP contribution in [-0.2, 0) is 4.79 Å². The zero-order valence-corrected chi connectivity index (χ0v) is 13.4. The fraction of sp³-hybridized carbons (Fsp3) is 0.875. The molecular weight excluding hydrogens is 268 g/mol. The van der Waals surface area contributed by atoms with Gasteiger partial charge in [-0.25, -0.2) is 4.79 Å². The lowest BCUT2D eigenvalue weighted by molar-refractivity contribution is -0.140. The van der Waals surface area contributed by atoms with Gasteiger partial charge < -0.3 is 15.7 Å². The van der Waals surface area contributed by atoms with Crippen molar-refractivity contribution >= 4 is 12.0 Å². The summed E-state index contributed by atoms with van der Waals surface area (Å²) in [6, 6.07) is 0.0439. The van der Waals surface area contributed by atoms with Crippen LogP contribution in [0.2, 0.25) is 0 Å². The molecule has 1 fully saturated rings. The molecule has 1 atom stereocenters. The minimum absolute atomic E-state index is 0.152. The molecule has 0 aromatic carbocycles. The summed E-state index contributed by atoms with van der Waals surface area (Å²) in [5.41, 5.74) is -0.256. The van der Waals surface area contributed by atoms with E-state index in [1.807, 2.05) is 0 Å². The van der Waals surface area contributed by atoms with Gasteiger partial charge in [0.1, 0.15) is 0 Å². The van der Waals surface area contributed by atoms with E-state index in [2.05, 4.69) is 24.5 Å². The van der Waals surface area contributed by atoms with E-state index in [1.165, 1.54) is 6.42 Å². The Morgan fingerprint density at radius 3 is 2.38 bits per heavy atom. The molecule has 0 aromatic rings. The molecule has 122 valence electrons. The summed E-state index contributed by atoms with van der Waals surface area (Å²) in [5, 5.41) is 15.0. The van der Waals surface area contributed by atoms with Crippen molar-refractivity contribution in [3.05, 3.63) is 0 Å². The predicted molar refractivity (Wildman–Crippen MR) is 83.3 cm³/mol. The van der Waals surface area contributed by atoms with Crippen molar-refractivity contribution in [2.24, 2.45) is 5.41 Å². The molecule has 3 N–H and O–H groups in total. The Labute approximate surface area is 127 Å². The van der Waals surface area contributed by atoms with E-state index in [9.17, 15) is 9.59 Å². The minimum atomic E-state index is -0.767. The fourth-order valence-electron chi connectivity index (χ4n) is 3.27.